The highest BCUT2D eigenvalue weighted by molar-refractivity contribution is 7.98. The lowest BCUT2D eigenvalue weighted by Crippen LogP contribution is -2.05. The van der Waals surface area contributed by atoms with Crippen molar-refractivity contribution in [2.45, 2.75) is 11.6 Å². The van der Waals surface area contributed by atoms with Gasteiger partial charge in [-0.05, 0) is 18.4 Å². The highest BCUT2D eigenvalue weighted by atomic mass is 32.2. The van der Waals surface area contributed by atoms with E-state index in [-0.39, 0.29) is 5.69 Å². The number of imidazole rings is 1. The number of furan rings is 1. The molecule has 0 aliphatic carbocycles. The molecule has 0 aliphatic rings. The van der Waals surface area contributed by atoms with E-state index >= 15 is 0 Å². The first kappa shape index (κ1) is 11.8. The molecule has 0 fully saturated rings. The van der Waals surface area contributed by atoms with Crippen LogP contribution in [-0.2, 0) is 13.5 Å². The van der Waals surface area contributed by atoms with Gasteiger partial charge in [0.15, 0.2) is 10.9 Å². The summed E-state index contributed by atoms with van der Waals surface area (Å²) in [7, 11) is 1.81. The molecule has 0 unspecified atom stereocenters. The number of nitrogens with zero attached hydrogens (tertiary/aromatic N) is 2. The number of carboxylic acid groups (broad SMARTS) is 1. The van der Waals surface area contributed by atoms with E-state index in [2.05, 4.69) is 4.98 Å². The van der Waals surface area contributed by atoms with E-state index in [9.17, 15) is 4.79 Å². The molecule has 0 radical (unpaired) electrons. The molecule has 2 aromatic rings. The van der Waals surface area contributed by atoms with Crippen molar-refractivity contribution in [2.24, 2.45) is 7.05 Å². The lowest BCUT2D eigenvalue weighted by molar-refractivity contribution is 0.0689. The van der Waals surface area contributed by atoms with Crippen LogP contribution in [-0.4, -0.2) is 26.9 Å². The molecule has 0 bridgehead atoms. The number of carbonyl (C=O) groups is 1. The van der Waals surface area contributed by atoms with Crippen LogP contribution in [0.15, 0.2) is 28.0 Å². The summed E-state index contributed by atoms with van der Waals surface area (Å²) in [5.41, 5.74) is 0.741. The monoisotopic (exact) mass is 252 g/mol. The van der Waals surface area contributed by atoms with Crippen molar-refractivity contribution in [1.29, 1.82) is 0 Å². The summed E-state index contributed by atoms with van der Waals surface area (Å²) in [6.07, 6.45) is 3.87. The van der Waals surface area contributed by atoms with Crippen molar-refractivity contribution in [3.63, 3.8) is 0 Å². The fourth-order valence-electron chi connectivity index (χ4n) is 1.64. The number of rotatable bonds is 4. The van der Waals surface area contributed by atoms with Gasteiger partial charge in [-0.3, -0.25) is 0 Å². The van der Waals surface area contributed by atoms with Crippen LogP contribution >= 0.6 is 11.8 Å². The summed E-state index contributed by atoms with van der Waals surface area (Å²) in [6, 6.07) is 3.60. The van der Waals surface area contributed by atoms with Gasteiger partial charge in [0.2, 0.25) is 0 Å². The van der Waals surface area contributed by atoms with Gasteiger partial charge in [-0.1, -0.05) is 11.8 Å². The topological polar surface area (TPSA) is 68.3 Å². The zero-order valence-electron chi connectivity index (χ0n) is 9.51. The number of aromatic nitrogens is 2. The molecule has 2 aromatic heterocycles. The Morgan fingerprint density at radius 3 is 2.94 bits per heavy atom. The first-order chi connectivity index (χ1) is 8.13. The summed E-state index contributed by atoms with van der Waals surface area (Å²) in [4.78, 5) is 15.2. The third kappa shape index (κ3) is 2.21. The maximum absolute atomic E-state index is 11.1. The second-order valence-corrected chi connectivity index (χ2v) is 4.29. The Morgan fingerprint density at radius 1 is 1.65 bits per heavy atom. The standard InChI is InChI=1S/C11H12N2O3S/c1-13-8(6-7-4-3-5-16-7)9(10(14)15)12-11(13)17-2/h3-5H,6H2,1-2H3,(H,14,15). The van der Waals surface area contributed by atoms with Crippen LogP contribution in [0.3, 0.4) is 0 Å². The minimum absolute atomic E-state index is 0.0910. The molecule has 0 saturated heterocycles. The molecule has 2 heterocycles. The fraction of sp³-hybridized carbons (Fsp3) is 0.273. The average molecular weight is 252 g/mol. The van der Waals surface area contributed by atoms with Crippen LogP contribution in [0.4, 0.5) is 0 Å². The molecule has 0 spiro atoms. The van der Waals surface area contributed by atoms with Gasteiger partial charge in [0.05, 0.1) is 12.0 Å². The van der Waals surface area contributed by atoms with Crippen molar-refractivity contribution in [3.05, 3.63) is 35.5 Å². The van der Waals surface area contributed by atoms with E-state index in [1.54, 1.807) is 16.9 Å². The minimum atomic E-state index is -1.01. The maximum atomic E-state index is 11.1. The van der Waals surface area contributed by atoms with E-state index in [1.165, 1.54) is 11.8 Å². The van der Waals surface area contributed by atoms with Crippen LogP contribution in [0.25, 0.3) is 0 Å². The second kappa shape index (κ2) is 4.67. The summed E-state index contributed by atoms with van der Waals surface area (Å²) >= 11 is 1.42. The Morgan fingerprint density at radius 2 is 2.41 bits per heavy atom. The van der Waals surface area contributed by atoms with Crippen molar-refractivity contribution in [1.82, 2.24) is 9.55 Å². The van der Waals surface area contributed by atoms with E-state index in [4.69, 9.17) is 9.52 Å². The van der Waals surface area contributed by atoms with Crippen molar-refractivity contribution < 1.29 is 14.3 Å². The molecule has 90 valence electrons. The minimum Gasteiger partial charge on any atom is -0.476 e. The van der Waals surface area contributed by atoms with Gasteiger partial charge >= 0.3 is 5.97 Å². The quantitative estimate of drug-likeness (QED) is 0.843. The molecule has 0 aromatic carbocycles. The van der Waals surface area contributed by atoms with Crippen LogP contribution < -0.4 is 0 Å². The molecule has 17 heavy (non-hydrogen) atoms. The van der Waals surface area contributed by atoms with Crippen molar-refractivity contribution >= 4 is 17.7 Å². The van der Waals surface area contributed by atoms with Gasteiger partial charge in [0, 0.05) is 13.5 Å². The smallest absolute Gasteiger partial charge is 0.356 e. The highest BCUT2D eigenvalue weighted by Gasteiger charge is 2.20. The Hall–Kier alpha value is -1.69. The molecule has 1 N–H and O–H groups in total. The largest absolute Gasteiger partial charge is 0.476 e. The summed E-state index contributed by atoms with van der Waals surface area (Å²) < 4.78 is 7.02. The van der Waals surface area contributed by atoms with Gasteiger partial charge in [-0.15, -0.1) is 0 Å². The molecule has 2 rings (SSSR count). The predicted molar refractivity (Wildman–Crippen MR) is 63.5 cm³/mol. The Bertz CT molecular complexity index is 531. The van der Waals surface area contributed by atoms with Gasteiger partial charge in [-0.2, -0.15) is 0 Å². The van der Waals surface area contributed by atoms with E-state index < -0.39 is 5.97 Å². The molecule has 0 aliphatic heterocycles. The van der Waals surface area contributed by atoms with Gasteiger partial charge < -0.3 is 14.1 Å². The second-order valence-electron chi connectivity index (χ2n) is 3.51. The molecule has 0 amide bonds. The molecule has 6 heteroatoms. The summed E-state index contributed by atoms with van der Waals surface area (Å²) in [5.74, 6) is -0.286. The number of hydrogen-bond acceptors (Lipinski definition) is 4. The number of carboxylic acids is 1. The molecular formula is C11H12N2O3S. The van der Waals surface area contributed by atoms with E-state index in [0.29, 0.717) is 17.3 Å². The van der Waals surface area contributed by atoms with Crippen LogP contribution in [0.5, 0.6) is 0 Å². The summed E-state index contributed by atoms with van der Waals surface area (Å²) in [6.45, 7) is 0. The Kier molecular flexibility index (Phi) is 3.23. The third-order valence-electron chi connectivity index (χ3n) is 2.48. The number of thioether (sulfide) groups is 1. The van der Waals surface area contributed by atoms with Crippen molar-refractivity contribution in [3.8, 4) is 0 Å². The van der Waals surface area contributed by atoms with Gasteiger partial charge in [-0.25, -0.2) is 9.78 Å². The Balaban J connectivity index is 2.43. The summed E-state index contributed by atoms with van der Waals surface area (Å²) in [5, 5.41) is 9.80. The Labute approximate surface area is 102 Å². The van der Waals surface area contributed by atoms with Crippen molar-refractivity contribution in [2.75, 3.05) is 6.26 Å². The van der Waals surface area contributed by atoms with Gasteiger partial charge in [0.1, 0.15) is 5.76 Å². The first-order valence-corrected chi connectivity index (χ1v) is 6.21. The van der Waals surface area contributed by atoms with Gasteiger partial charge in [0.25, 0.3) is 0 Å². The SMILES string of the molecule is CSc1nc(C(=O)O)c(Cc2ccco2)n1C. The predicted octanol–water partition coefficient (Wildman–Crippen LogP) is 2.02. The highest BCUT2D eigenvalue weighted by Crippen LogP contribution is 2.21. The van der Waals surface area contributed by atoms with Crippen LogP contribution in [0, 0.1) is 0 Å². The first-order valence-electron chi connectivity index (χ1n) is 4.98. The van der Waals surface area contributed by atoms with Crippen LogP contribution in [0.1, 0.15) is 21.9 Å². The number of aromatic carboxylic acids is 1. The van der Waals surface area contributed by atoms with E-state index in [1.807, 2.05) is 19.4 Å². The average Bonchev–Trinajstić information content (AvgIpc) is 2.89. The lowest BCUT2D eigenvalue weighted by atomic mass is 10.2. The molecule has 0 atom stereocenters. The molecule has 0 saturated carbocycles. The fourth-order valence-corrected chi connectivity index (χ4v) is 2.21. The molecule has 5 nitrogen and oxygen atoms in total. The number of hydrogen-bond donors (Lipinski definition) is 1. The maximum Gasteiger partial charge on any atom is 0.356 e. The zero-order chi connectivity index (χ0) is 12.4. The lowest BCUT2D eigenvalue weighted by Gasteiger charge is -2.03. The normalized spacial score (nSPS) is 10.7. The molecular weight excluding hydrogens is 240 g/mol. The van der Waals surface area contributed by atoms with Crippen LogP contribution in [0.2, 0.25) is 0 Å². The zero-order valence-corrected chi connectivity index (χ0v) is 10.3. The van der Waals surface area contributed by atoms with E-state index in [0.717, 1.165) is 5.76 Å². The third-order valence-corrected chi connectivity index (χ3v) is 3.21.